The van der Waals surface area contributed by atoms with Crippen LogP contribution in [0.25, 0.3) is 0 Å². The molecule has 2 fully saturated rings. The highest BCUT2D eigenvalue weighted by molar-refractivity contribution is 5.94. The van der Waals surface area contributed by atoms with E-state index in [1.165, 1.54) is 6.42 Å². The van der Waals surface area contributed by atoms with E-state index in [-0.39, 0.29) is 5.91 Å². The molecule has 3 heterocycles. The molecule has 1 amide bonds. The fourth-order valence-electron chi connectivity index (χ4n) is 4.22. The molecular weight excluding hydrogens is 392 g/mol. The molecule has 1 aromatic heterocycles. The SMILES string of the molecule is CN=C(NCc1ccc(C(=O)N2CCCCC2)cc1)N1CCN(Cc2ccon2)CC1. The van der Waals surface area contributed by atoms with Crippen LogP contribution in [0.3, 0.4) is 0 Å². The number of likely N-dealkylation sites (tertiary alicyclic amines) is 1. The van der Waals surface area contributed by atoms with Gasteiger partial charge in [-0.2, -0.15) is 0 Å². The van der Waals surface area contributed by atoms with Crippen molar-refractivity contribution in [3.63, 3.8) is 0 Å². The summed E-state index contributed by atoms with van der Waals surface area (Å²) in [5.41, 5.74) is 2.89. The molecule has 2 aliphatic heterocycles. The summed E-state index contributed by atoms with van der Waals surface area (Å²) in [5.74, 6) is 1.06. The number of hydrogen-bond donors (Lipinski definition) is 1. The van der Waals surface area contributed by atoms with Gasteiger partial charge in [-0.05, 0) is 37.0 Å². The number of carbonyl (C=O) groups excluding carboxylic acids is 1. The van der Waals surface area contributed by atoms with Crippen molar-refractivity contribution in [2.24, 2.45) is 4.99 Å². The normalized spacial score (nSPS) is 18.3. The number of aliphatic imine (C=N–C) groups is 1. The minimum atomic E-state index is 0.151. The maximum Gasteiger partial charge on any atom is 0.253 e. The number of guanidine groups is 1. The molecule has 166 valence electrons. The minimum absolute atomic E-state index is 0.151. The summed E-state index contributed by atoms with van der Waals surface area (Å²) in [6.07, 6.45) is 5.07. The van der Waals surface area contributed by atoms with E-state index < -0.39 is 0 Å². The molecule has 0 atom stereocenters. The smallest absolute Gasteiger partial charge is 0.253 e. The van der Waals surface area contributed by atoms with Crippen molar-refractivity contribution in [3.8, 4) is 0 Å². The number of aromatic nitrogens is 1. The lowest BCUT2D eigenvalue weighted by Crippen LogP contribution is -2.52. The first-order chi connectivity index (χ1) is 15.2. The van der Waals surface area contributed by atoms with Gasteiger partial charge in [-0.25, -0.2) is 0 Å². The molecule has 0 radical (unpaired) electrons. The van der Waals surface area contributed by atoms with Gasteiger partial charge in [0, 0.05) is 71.0 Å². The van der Waals surface area contributed by atoms with Crippen LogP contribution in [0.15, 0.2) is 46.1 Å². The number of piperidine rings is 1. The van der Waals surface area contributed by atoms with Crippen LogP contribution >= 0.6 is 0 Å². The first-order valence-electron chi connectivity index (χ1n) is 11.2. The van der Waals surface area contributed by atoms with Gasteiger partial charge >= 0.3 is 0 Å². The molecule has 1 aromatic carbocycles. The second-order valence-corrected chi connectivity index (χ2v) is 8.20. The first-order valence-corrected chi connectivity index (χ1v) is 11.2. The van der Waals surface area contributed by atoms with Gasteiger partial charge in [0.2, 0.25) is 0 Å². The predicted octanol–water partition coefficient (Wildman–Crippen LogP) is 2.19. The van der Waals surface area contributed by atoms with Gasteiger partial charge in [-0.3, -0.25) is 14.7 Å². The standard InChI is InChI=1S/C23H32N6O2/c1-24-23(29-14-12-27(13-15-29)18-21-9-16-31-26-21)25-17-19-5-7-20(8-6-19)22(30)28-10-3-2-4-11-28/h5-9,16H,2-4,10-15,17-18H2,1H3,(H,24,25). The third kappa shape index (κ3) is 5.64. The van der Waals surface area contributed by atoms with Crippen LogP contribution in [0.4, 0.5) is 0 Å². The molecule has 31 heavy (non-hydrogen) atoms. The molecule has 0 aliphatic carbocycles. The van der Waals surface area contributed by atoms with Crippen LogP contribution in [-0.4, -0.2) is 78.0 Å². The Morgan fingerprint density at radius 2 is 1.74 bits per heavy atom. The number of amides is 1. The Labute approximate surface area is 183 Å². The summed E-state index contributed by atoms with van der Waals surface area (Å²) in [4.78, 5) is 23.7. The number of benzene rings is 1. The van der Waals surface area contributed by atoms with E-state index >= 15 is 0 Å². The topological polar surface area (TPSA) is 77.2 Å². The largest absolute Gasteiger partial charge is 0.364 e. The number of nitrogens with zero attached hydrogens (tertiary/aromatic N) is 5. The molecule has 1 N–H and O–H groups in total. The minimum Gasteiger partial charge on any atom is -0.364 e. The summed E-state index contributed by atoms with van der Waals surface area (Å²) in [5, 5.41) is 7.46. The monoisotopic (exact) mass is 424 g/mol. The van der Waals surface area contributed by atoms with Crippen molar-refractivity contribution in [2.75, 3.05) is 46.3 Å². The third-order valence-electron chi connectivity index (χ3n) is 6.06. The van der Waals surface area contributed by atoms with E-state index in [0.29, 0.717) is 6.54 Å². The summed E-state index contributed by atoms with van der Waals surface area (Å²) < 4.78 is 4.92. The lowest BCUT2D eigenvalue weighted by molar-refractivity contribution is 0.0724. The van der Waals surface area contributed by atoms with Crippen molar-refractivity contribution in [1.29, 1.82) is 0 Å². The van der Waals surface area contributed by atoms with E-state index in [0.717, 1.165) is 81.4 Å². The zero-order valence-electron chi connectivity index (χ0n) is 18.3. The average Bonchev–Trinajstić information content (AvgIpc) is 3.34. The van der Waals surface area contributed by atoms with Gasteiger partial charge < -0.3 is 19.6 Å². The highest BCUT2D eigenvalue weighted by Gasteiger charge is 2.21. The van der Waals surface area contributed by atoms with Crippen LogP contribution in [-0.2, 0) is 13.1 Å². The molecule has 8 nitrogen and oxygen atoms in total. The Hall–Kier alpha value is -2.87. The van der Waals surface area contributed by atoms with Crippen molar-refractivity contribution in [1.82, 2.24) is 25.2 Å². The van der Waals surface area contributed by atoms with Gasteiger partial charge in [0.15, 0.2) is 5.96 Å². The maximum atomic E-state index is 12.6. The number of piperazine rings is 1. The molecule has 0 unspecified atom stereocenters. The zero-order valence-corrected chi connectivity index (χ0v) is 18.3. The zero-order chi connectivity index (χ0) is 21.5. The fraction of sp³-hybridized carbons (Fsp3) is 0.522. The molecule has 2 aromatic rings. The Bertz CT molecular complexity index is 851. The molecule has 8 heteroatoms. The number of rotatable bonds is 5. The van der Waals surface area contributed by atoms with Crippen LogP contribution in [0.2, 0.25) is 0 Å². The van der Waals surface area contributed by atoms with Crippen LogP contribution in [0.1, 0.15) is 40.9 Å². The molecule has 2 aliphatic rings. The maximum absolute atomic E-state index is 12.6. The van der Waals surface area contributed by atoms with E-state index in [2.05, 4.69) is 25.3 Å². The Kier molecular flexibility index (Phi) is 7.19. The lowest BCUT2D eigenvalue weighted by Gasteiger charge is -2.36. The quantitative estimate of drug-likeness (QED) is 0.586. The number of nitrogens with one attached hydrogen (secondary N) is 1. The molecule has 0 bridgehead atoms. The average molecular weight is 425 g/mol. The summed E-state index contributed by atoms with van der Waals surface area (Å²) in [6, 6.07) is 9.87. The van der Waals surface area contributed by atoms with Crippen molar-refractivity contribution < 1.29 is 9.32 Å². The summed E-state index contributed by atoms with van der Waals surface area (Å²) in [7, 11) is 1.82. The van der Waals surface area contributed by atoms with E-state index in [4.69, 9.17) is 4.52 Å². The first kappa shape index (κ1) is 21.4. The second kappa shape index (κ2) is 10.4. The van der Waals surface area contributed by atoms with Gasteiger partial charge in [0.05, 0.1) is 5.69 Å². The van der Waals surface area contributed by atoms with E-state index in [1.54, 1.807) is 6.26 Å². The van der Waals surface area contributed by atoms with Crippen molar-refractivity contribution in [2.45, 2.75) is 32.4 Å². The van der Waals surface area contributed by atoms with Gasteiger partial charge in [0.1, 0.15) is 6.26 Å². The Morgan fingerprint density at radius 3 is 2.39 bits per heavy atom. The van der Waals surface area contributed by atoms with Gasteiger partial charge in [-0.15, -0.1) is 0 Å². The van der Waals surface area contributed by atoms with Crippen LogP contribution in [0, 0.1) is 0 Å². The van der Waals surface area contributed by atoms with Crippen LogP contribution < -0.4 is 5.32 Å². The van der Waals surface area contributed by atoms with Crippen LogP contribution in [0.5, 0.6) is 0 Å². The number of carbonyl (C=O) groups is 1. The number of hydrogen-bond acceptors (Lipinski definition) is 5. The predicted molar refractivity (Wildman–Crippen MR) is 120 cm³/mol. The Balaban J connectivity index is 1.24. The molecular formula is C23H32N6O2. The fourth-order valence-corrected chi connectivity index (χ4v) is 4.22. The van der Waals surface area contributed by atoms with Gasteiger partial charge in [0.25, 0.3) is 5.91 Å². The highest BCUT2D eigenvalue weighted by Crippen LogP contribution is 2.14. The second-order valence-electron chi connectivity index (χ2n) is 8.20. The Morgan fingerprint density at radius 1 is 1.00 bits per heavy atom. The summed E-state index contributed by atoms with van der Waals surface area (Å²) in [6.45, 7) is 7.01. The molecule has 2 saturated heterocycles. The molecule has 0 saturated carbocycles. The van der Waals surface area contributed by atoms with E-state index in [9.17, 15) is 4.79 Å². The molecule has 0 spiro atoms. The van der Waals surface area contributed by atoms with Crippen molar-refractivity contribution in [3.05, 3.63) is 53.4 Å². The highest BCUT2D eigenvalue weighted by atomic mass is 16.5. The van der Waals surface area contributed by atoms with E-state index in [1.807, 2.05) is 42.3 Å². The summed E-state index contributed by atoms with van der Waals surface area (Å²) >= 11 is 0. The van der Waals surface area contributed by atoms with Crippen molar-refractivity contribution >= 4 is 11.9 Å². The lowest BCUT2D eigenvalue weighted by atomic mass is 10.1. The third-order valence-corrected chi connectivity index (χ3v) is 6.06. The van der Waals surface area contributed by atoms with Gasteiger partial charge in [-0.1, -0.05) is 17.3 Å². The molecule has 4 rings (SSSR count).